The first-order chi connectivity index (χ1) is 12.6. The normalized spacial score (nSPS) is 16.1. The van der Waals surface area contributed by atoms with Crippen molar-refractivity contribution in [2.45, 2.75) is 6.10 Å². The van der Waals surface area contributed by atoms with Crippen molar-refractivity contribution < 1.29 is 19.1 Å². The molecule has 1 unspecified atom stereocenters. The number of hydrogen-bond acceptors (Lipinski definition) is 5. The van der Waals surface area contributed by atoms with Gasteiger partial charge >= 0.3 is 5.97 Å². The predicted octanol–water partition coefficient (Wildman–Crippen LogP) is 2.15. The van der Waals surface area contributed by atoms with E-state index in [0.29, 0.717) is 17.0 Å². The minimum Gasteiger partial charge on any atom is -0.475 e. The third-order valence-electron chi connectivity index (χ3n) is 4.46. The standard InChI is InChI=1S/C19H17N3O4/c1-21-11-20-13-9-12(7-8-14(13)21)18(23)22-10-17(19(24)25-2)26-16-6-4-3-5-15(16)22/h3-9,11,17H,10H2,1-2H3. The fraction of sp³-hybridized carbons (Fsp3) is 0.211. The van der Waals surface area contributed by atoms with Crippen molar-refractivity contribution in [2.75, 3.05) is 18.6 Å². The van der Waals surface area contributed by atoms with Crippen LogP contribution in [0.5, 0.6) is 5.75 Å². The van der Waals surface area contributed by atoms with Gasteiger partial charge in [0.1, 0.15) is 5.75 Å². The molecule has 0 radical (unpaired) electrons. The molecule has 132 valence electrons. The van der Waals surface area contributed by atoms with Crippen molar-refractivity contribution in [1.29, 1.82) is 0 Å². The Hall–Kier alpha value is -3.35. The summed E-state index contributed by atoms with van der Waals surface area (Å²) in [6.07, 6.45) is 0.841. The topological polar surface area (TPSA) is 73.7 Å². The van der Waals surface area contributed by atoms with Crippen LogP contribution in [-0.4, -0.2) is 41.2 Å². The van der Waals surface area contributed by atoms with Gasteiger partial charge < -0.3 is 18.9 Å². The Morgan fingerprint density at radius 1 is 1.23 bits per heavy atom. The SMILES string of the molecule is COC(=O)C1CN(C(=O)c2ccc3c(c2)ncn3C)c2ccccc2O1. The summed E-state index contributed by atoms with van der Waals surface area (Å²) < 4.78 is 12.4. The minimum absolute atomic E-state index is 0.0861. The molecule has 1 aromatic heterocycles. The van der Waals surface area contributed by atoms with Gasteiger partial charge in [-0.2, -0.15) is 0 Å². The van der Waals surface area contributed by atoms with Crippen LogP contribution < -0.4 is 9.64 Å². The molecule has 1 aliphatic heterocycles. The number of aromatic nitrogens is 2. The van der Waals surface area contributed by atoms with Gasteiger partial charge in [0.25, 0.3) is 5.91 Å². The average Bonchev–Trinajstić information content (AvgIpc) is 3.06. The zero-order valence-electron chi connectivity index (χ0n) is 14.4. The Bertz CT molecular complexity index is 1010. The van der Waals surface area contributed by atoms with Gasteiger partial charge in [0.15, 0.2) is 0 Å². The van der Waals surface area contributed by atoms with Crippen molar-refractivity contribution in [2.24, 2.45) is 7.05 Å². The van der Waals surface area contributed by atoms with E-state index >= 15 is 0 Å². The van der Waals surface area contributed by atoms with Crippen molar-refractivity contribution >= 4 is 28.6 Å². The summed E-state index contributed by atoms with van der Waals surface area (Å²) in [6, 6.07) is 12.5. The number of carbonyl (C=O) groups is 2. The highest BCUT2D eigenvalue weighted by Gasteiger charge is 2.34. The van der Waals surface area contributed by atoms with E-state index in [2.05, 4.69) is 4.98 Å². The van der Waals surface area contributed by atoms with Crippen LogP contribution in [0.15, 0.2) is 48.8 Å². The molecule has 26 heavy (non-hydrogen) atoms. The minimum atomic E-state index is -0.863. The highest BCUT2D eigenvalue weighted by Crippen LogP contribution is 2.34. The van der Waals surface area contributed by atoms with E-state index < -0.39 is 12.1 Å². The van der Waals surface area contributed by atoms with Crippen molar-refractivity contribution in [3.63, 3.8) is 0 Å². The molecule has 1 atom stereocenters. The quantitative estimate of drug-likeness (QED) is 0.662. The van der Waals surface area contributed by atoms with E-state index in [1.807, 2.05) is 23.7 Å². The lowest BCUT2D eigenvalue weighted by molar-refractivity contribution is -0.148. The third-order valence-corrected chi connectivity index (χ3v) is 4.46. The molecule has 1 amide bonds. The second kappa shape index (κ2) is 6.18. The largest absolute Gasteiger partial charge is 0.475 e. The van der Waals surface area contributed by atoms with Gasteiger partial charge in [-0.15, -0.1) is 0 Å². The van der Waals surface area contributed by atoms with E-state index in [-0.39, 0.29) is 12.5 Å². The fourth-order valence-corrected chi connectivity index (χ4v) is 3.11. The van der Waals surface area contributed by atoms with Gasteiger partial charge in [-0.3, -0.25) is 4.79 Å². The van der Waals surface area contributed by atoms with E-state index in [4.69, 9.17) is 9.47 Å². The van der Waals surface area contributed by atoms with Gasteiger partial charge in [-0.1, -0.05) is 12.1 Å². The number of para-hydroxylation sites is 2. The number of carbonyl (C=O) groups excluding carboxylic acids is 2. The van der Waals surface area contributed by atoms with Crippen LogP contribution in [-0.2, 0) is 16.6 Å². The van der Waals surface area contributed by atoms with Crippen LogP contribution in [0.3, 0.4) is 0 Å². The van der Waals surface area contributed by atoms with Crippen molar-refractivity contribution in [1.82, 2.24) is 9.55 Å². The summed E-state index contributed by atoms with van der Waals surface area (Å²) in [5.41, 5.74) is 2.80. The second-order valence-corrected chi connectivity index (χ2v) is 6.07. The number of benzene rings is 2. The maximum Gasteiger partial charge on any atom is 0.348 e. The lowest BCUT2D eigenvalue weighted by Crippen LogP contribution is -2.47. The number of ether oxygens (including phenoxy) is 2. The summed E-state index contributed by atoms with van der Waals surface area (Å²) in [7, 11) is 3.20. The molecule has 0 spiro atoms. The number of methoxy groups -OCH3 is 1. The van der Waals surface area contributed by atoms with Gasteiger partial charge in [0.05, 0.1) is 36.7 Å². The zero-order chi connectivity index (χ0) is 18.3. The summed E-state index contributed by atoms with van der Waals surface area (Å²) >= 11 is 0. The van der Waals surface area contributed by atoms with Crippen LogP contribution in [0.2, 0.25) is 0 Å². The molecular weight excluding hydrogens is 334 g/mol. The summed E-state index contributed by atoms with van der Waals surface area (Å²) in [5, 5.41) is 0. The van der Waals surface area contributed by atoms with Crippen LogP contribution in [0.25, 0.3) is 11.0 Å². The number of anilines is 1. The van der Waals surface area contributed by atoms with E-state index in [1.54, 1.807) is 41.6 Å². The first-order valence-electron chi connectivity index (χ1n) is 8.15. The van der Waals surface area contributed by atoms with Crippen LogP contribution in [0.4, 0.5) is 5.69 Å². The first kappa shape index (κ1) is 16.1. The molecule has 4 rings (SSSR count). The molecule has 1 aliphatic rings. The lowest BCUT2D eigenvalue weighted by Gasteiger charge is -2.33. The second-order valence-electron chi connectivity index (χ2n) is 6.07. The number of aryl methyl sites for hydroxylation is 1. The Morgan fingerprint density at radius 2 is 2.04 bits per heavy atom. The van der Waals surface area contributed by atoms with Gasteiger partial charge in [0.2, 0.25) is 6.10 Å². The van der Waals surface area contributed by atoms with Crippen molar-refractivity contribution in [3.05, 3.63) is 54.4 Å². The van der Waals surface area contributed by atoms with E-state index in [9.17, 15) is 9.59 Å². The molecule has 0 saturated heterocycles. The number of rotatable bonds is 2. The summed E-state index contributed by atoms with van der Waals surface area (Å²) in [4.78, 5) is 31.0. The molecule has 0 saturated carbocycles. The number of amides is 1. The Balaban J connectivity index is 1.74. The summed E-state index contributed by atoms with van der Waals surface area (Å²) in [6.45, 7) is 0.0861. The highest BCUT2D eigenvalue weighted by molar-refractivity contribution is 6.09. The molecule has 0 aliphatic carbocycles. The van der Waals surface area contributed by atoms with E-state index in [0.717, 1.165) is 11.0 Å². The number of imidazole rings is 1. The predicted molar refractivity (Wildman–Crippen MR) is 95.3 cm³/mol. The smallest absolute Gasteiger partial charge is 0.348 e. The molecular formula is C19H17N3O4. The third kappa shape index (κ3) is 2.57. The van der Waals surface area contributed by atoms with Crippen LogP contribution in [0, 0.1) is 0 Å². The van der Waals surface area contributed by atoms with Crippen LogP contribution in [0.1, 0.15) is 10.4 Å². The number of esters is 1. The monoisotopic (exact) mass is 351 g/mol. The first-order valence-corrected chi connectivity index (χ1v) is 8.15. The fourth-order valence-electron chi connectivity index (χ4n) is 3.11. The Kier molecular flexibility index (Phi) is 3.84. The number of nitrogens with zero attached hydrogens (tertiary/aromatic N) is 3. The molecule has 3 aromatic rings. The molecule has 2 aromatic carbocycles. The highest BCUT2D eigenvalue weighted by atomic mass is 16.6. The van der Waals surface area contributed by atoms with Gasteiger partial charge in [-0.05, 0) is 30.3 Å². The maximum absolute atomic E-state index is 13.2. The number of hydrogen-bond donors (Lipinski definition) is 0. The summed E-state index contributed by atoms with van der Waals surface area (Å²) in [5.74, 6) is -0.263. The zero-order valence-corrected chi connectivity index (χ0v) is 14.4. The van der Waals surface area contributed by atoms with Gasteiger partial charge in [-0.25, -0.2) is 9.78 Å². The maximum atomic E-state index is 13.2. The van der Waals surface area contributed by atoms with Crippen molar-refractivity contribution in [3.8, 4) is 5.75 Å². The molecule has 0 fully saturated rings. The lowest BCUT2D eigenvalue weighted by atomic mass is 10.1. The number of fused-ring (bicyclic) bond motifs is 2. The Morgan fingerprint density at radius 3 is 2.85 bits per heavy atom. The molecule has 7 heteroatoms. The molecule has 7 nitrogen and oxygen atoms in total. The van der Waals surface area contributed by atoms with E-state index in [1.165, 1.54) is 7.11 Å². The van der Waals surface area contributed by atoms with Crippen LogP contribution >= 0.6 is 0 Å². The molecule has 0 N–H and O–H groups in total. The Labute approximate surface area is 149 Å². The molecule has 0 bridgehead atoms. The van der Waals surface area contributed by atoms with Gasteiger partial charge in [0, 0.05) is 12.6 Å². The molecule has 2 heterocycles. The average molecular weight is 351 g/mol.